The number of carbonyl (C=O) groups excluding carboxylic acids is 2. The Kier molecular flexibility index (Phi) is 13.3. The van der Waals surface area contributed by atoms with Crippen LogP contribution in [-0.4, -0.2) is 49.4 Å². The molecule has 0 spiro atoms. The molecule has 7 nitrogen and oxygen atoms in total. The van der Waals surface area contributed by atoms with E-state index in [4.69, 9.17) is 4.74 Å². The molecule has 0 aromatic carbocycles. The van der Waals surface area contributed by atoms with Gasteiger partial charge in [-0.1, -0.05) is 12.8 Å². The standard InChI is InChI=1S/C21H35N3O2.C3H6O2/c1-21(2,3)26-20(25)23-12-8-5-4-7-11-18-15-19(17-22-16-18)24-13-9-6-10-14-24;1-2-5-3-4/h15-17H,4-14H2,1-3H3,(H,23,25);3H,2H2,1H3. The maximum absolute atomic E-state index is 11.6. The quantitative estimate of drug-likeness (QED) is 0.417. The van der Waals surface area contributed by atoms with Gasteiger partial charge < -0.3 is 19.7 Å². The summed E-state index contributed by atoms with van der Waals surface area (Å²) in [6.07, 6.45) is 13.1. The van der Waals surface area contributed by atoms with Crippen LogP contribution in [0.1, 0.15) is 78.2 Å². The van der Waals surface area contributed by atoms with Crippen LogP contribution in [0.15, 0.2) is 18.5 Å². The van der Waals surface area contributed by atoms with Crippen LogP contribution in [0, 0.1) is 0 Å². The molecule has 31 heavy (non-hydrogen) atoms. The van der Waals surface area contributed by atoms with Gasteiger partial charge in [0, 0.05) is 25.8 Å². The van der Waals surface area contributed by atoms with Crippen LogP contribution in [0.3, 0.4) is 0 Å². The van der Waals surface area contributed by atoms with E-state index < -0.39 is 5.60 Å². The lowest BCUT2D eigenvalue weighted by Gasteiger charge is -2.28. The summed E-state index contributed by atoms with van der Waals surface area (Å²) in [5.74, 6) is 0. The molecular weight excluding hydrogens is 394 g/mol. The minimum atomic E-state index is -0.430. The van der Waals surface area contributed by atoms with Gasteiger partial charge in [-0.3, -0.25) is 9.78 Å². The largest absolute Gasteiger partial charge is 0.468 e. The molecule has 2 heterocycles. The third kappa shape index (κ3) is 13.6. The fraction of sp³-hybridized carbons (Fsp3) is 0.708. The van der Waals surface area contributed by atoms with Crippen LogP contribution in [0.2, 0.25) is 0 Å². The van der Waals surface area contributed by atoms with E-state index in [0.29, 0.717) is 19.6 Å². The van der Waals surface area contributed by atoms with Crippen molar-refractivity contribution in [2.24, 2.45) is 0 Å². The van der Waals surface area contributed by atoms with Crippen molar-refractivity contribution in [2.45, 2.75) is 84.7 Å². The Morgan fingerprint density at radius 1 is 1.13 bits per heavy atom. The summed E-state index contributed by atoms with van der Waals surface area (Å²) in [6, 6.07) is 2.31. The molecule has 176 valence electrons. The molecule has 1 N–H and O–H groups in total. The first-order chi connectivity index (χ1) is 14.9. The van der Waals surface area contributed by atoms with Crippen molar-refractivity contribution in [3.05, 3.63) is 24.0 Å². The molecule has 1 aliphatic rings. The second-order valence-electron chi connectivity index (χ2n) is 8.74. The number of aromatic nitrogens is 1. The molecule has 0 aliphatic carbocycles. The molecule has 2 rings (SSSR count). The van der Waals surface area contributed by atoms with E-state index >= 15 is 0 Å². The zero-order chi connectivity index (χ0) is 23.0. The second kappa shape index (κ2) is 15.5. The number of aryl methyl sites for hydroxylation is 1. The molecule has 1 aromatic heterocycles. The summed E-state index contributed by atoms with van der Waals surface area (Å²) in [5.41, 5.74) is 2.18. The molecule has 0 bridgehead atoms. The summed E-state index contributed by atoms with van der Waals surface area (Å²) in [6.45, 7) is 11.3. The summed E-state index contributed by atoms with van der Waals surface area (Å²) in [5, 5.41) is 2.81. The van der Waals surface area contributed by atoms with E-state index in [9.17, 15) is 9.59 Å². The SMILES string of the molecule is CC(C)(C)OC(=O)NCCCCCCc1cncc(N2CCCCC2)c1.CCOC=O. The number of nitrogens with zero attached hydrogens (tertiary/aromatic N) is 2. The van der Waals surface area contributed by atoms with E-state index in [1.54, 1.807) is 6.92 Å². The zero-order valence-corrected chi connectivity index (χ0v) is 19.8. The molecule has 1 amide bonds. The van der Waals surface area contributed by atoms with E-state index in [1.807, 2.05) is 33.2 Å². The first kappa shape index (κ1) is 26.7. The van der Waals surface area contributed by atoms with Crippen LogP contribution in [-0.2, 0) is 20.7 Å². The van der Waals surface area contributed by atoms with E-state index in [-0.39, 0.29) is 6.09 Å². The number of unbranched alkanes of at least 4 members (excludes halogenated alkanes) is 3. The fourth-order valence-corrected chi connectivity index (χ4v) is 3.32. The van der Waals surface area contributed by atoms with Gasteiger partial charge in [0.15, 0.2) is 0 Å². The number of rotatable bonds is 10. The van der Waals surface area contributed by atoms with Crippen LogP contribution < -0.4 is 10.2 Å². The number of nitrogens with one attached hydrogen (secondary N) is 1. The molecule has 0 radical (unpaired) electrons. The average Bonchev–Trinajstić information content (AvgIpc) is 2.74. The van der Waals surface area contributed by atoms with E-state index in [1.165, 1.54) is 36.9 Å². The van der Waals surface area contributed by atoms with Crippen LogP contribution in [0.4, 0.5) is 10.5 Å². The molecule has 0 atom stereocenters. The van der Waals surface area contributed by atoms with Crippen molar-refractivity contribution in [1.82, 2.24) is 10.3 Å². The Bertz CT molecular complexity index is 625. The predicted molar refractivity (Wildman–Crippen MR) is 124 cm³/mol. The topological polar surface area (TPSA) is 80.8 Å². The molecule has 1 fully saturated rings. The van der Waals surface area contributed by atoms with Gasteiger partial charge in [-0.05, 0) is 77.8 Å². The first-order valence-electron chi connectivity index (χ1n) is 11.6. The number of piperidine rings is 1. The lowest BCUT2D eigenvalue weighted by atomic mass is 10.1. The first-order valence-corrected chi connectivity index (χ1v) is 11.6. The number of alkyl carbamates (subject to hydrolysis) is 1. The van der Waals surface area contributed by atoms with Crippen LogP contribution in [0.25, 0.3) is 0 Å². The summed E-state index contributed by atoms with van der Waals surface area (Å²) < 4.78 is 9.38. The zero-order valence-electron chi connectivity index (χ0n) is 19.8. The van der Waals surface area contributed by atoms with Gasteiger partial charge in [0.25, 0.3) is 6.47 Å². The molecular formula is C24H41N3O4. The Morgan fingerprint density at radius 3 is 2.45 bits per heavy atom. The van der Waals surface area contributed by atoms with Gasteiger partial charge in [-0.15, -0.1) is 0 Å². The van der Waals surface area contributed by atoms with Gasteiger partial charge in [0.1, 0.15) is 5.60 Å². The number of ether oxygens (including phenoxy) is 2. The Labute approximate surface area is 187 Å². The highest BCUT2D eigenvalue weighted by atomic mass is 16.6. The number of anilines is 1. The highest BCUT2D eigenvalue weighted by molar-refractivity contribution is 5.67. The maximum atomic E-state index is 11.6. The van der Waals surface area contributed by atoms with Crippen LogP contribution in [0.5, 0.6) is 0 Å². The minimum Gasteiger partial charge on any atom is -0.468 e. The number of carbonyl (C=O) groups is 2. The molecule has 0 saturated carbocycles. The lowest BCUT2D eigenvalue weighted by Crippen LogP contribution is -2.32. The monoisotopic (exact) mass is 435 g/mol. The van der Waals surface area contributed by atoms with Crippen molar-refractivity contribution in [3.63, 3.8) is 0 Å². The van der Waals surface area contributed by atoms with Crippen molar-refractivity contribution in [3.8, 4) is 0 Å². The van der Waals surface area contributed by atoms with Gasteiger partial charge in [0.2, 0.25) is 0 Å². The normalized spacial score (nSPS) is 13.6. The molecule has 1 aromatic rings. The van der Waals surface area contributed by atoms with Crippen molar-refractivity contribution >= 4 is 18.3 Å². The highest BCUT2D eigenvalue weighted by Gasteiger charge is 2.15. The second-order valence-corrected chi connectivity index (χ2v) is 8.74. The molecule has 1 aliphatic heterocycles. The van der Waals surface area contributed by atoms with Gasteiger partial charge in [0.05, 0.1) is 18.5 Å². The van der Waals surface area contributed by atoms with Crippen molar-refractivity contribution < 1.29 is 19.1 Å². The van der Waals surface area contributed by atoms with E-state index in [0.717, 1.165) is 38.8 Å². The minimum absolute atomic E-state index is 0.321. The van der Waals surface area contributed by atoms with Gasteiger partial charge >= 0.3 is 6.09 Å². The summed E-state index contributed by atoms with van der Waals surface area (Å²) >= 11 is 0. The molecule has 7 heteroatoms. The maximum Gasteiger partial charge on any atom is 0.407 e. The lowest BCUT2D eigenvalue weighted by molar-refractivity contribution is -0.128. The van der Waals surface area contributed by atoms with Crippen molar-refractivity contribution in [1.29, 1.82) is 0 Å². The third-order valence-electron chi connectivity index (χ3n) is 4.80. The van der Waals surface area contributed by atoms with Gasteiger partial charge in [-0.2, -0.15) is 0 Å². The number of hydrogen-bond donors (Lipinski definition) is 1. The van der Waals surface area contributed by atoms with Crippen LogP contribution >= 0.6 is 0 Å². The Hall–Kier alpha value is -2.31. The number of pyridine rings is 1. The Balaban J connectivity index is 0.000000861. The third-order valence-corrected chi connectivity index (χ3v) is 4.80. The Morgan fingerprint density at radius 2 is 1.84 bits per heavy atom. The van der Waals surface area contributed by atoms with E-state index in [2.05, 4.69) is 26.0 Å². The molecule has 1 saturated heterocycles. The molecule has 0 unspecified atom stereocenters. The average molecular weight is 436 g/mol. The highest BCUT2D eigenvalue weighted by Crippen LogP contribution is 2.20. The smallest absolute Gasteiger partial charge is 0.407 e. The van der Waals surface area contributed by atoms with Crippen molar-refractivity contribution in [2.75, 3.05) is 31.1 Å². The number of amides is 1. The predicted octanol–water partition coefficient (Wildman–Crippen LogP) is 4.88. The summed E-state index contributed by atoms with van der Waals surface area (Å²) in [7, 11) is 0. The number of hydrogen-bond acceptors (Lipinski definition) is 6. The fourth-order valence-electron chi connectivity index (χ4n) is 3.32. The summed E-state index contributed by atoms with van der Waals surface area (Å²) in [4.78, 5) is 27.6. The van der Waals surface area contributed by atoms with Gasteiger partial charge in [-0.25, -0.2) is 4.79 Å².